The molecule has 6 heteroatoms. The van der Waals surface area contributed by atoms with Crippen molar-refractivity contribution in [3.8, 4) is 0 Å². The minimum absolute atomic E-state index is 0.00666. The highest BCUT2D eigenvalue weighted by atomic mass is 16.1. The van der Waals surface area contributed by atoms with E-state index in [9.17, 15) is 4.79 Å². The molecule has 6 nitrogen and oxygen atoms in total. The third kappa shape index (κ3) is 3.88. The molecule has 2 aromatic carbocycles. The van der Waals surface area contributed by atoms with Gasteiger partial charge in [-0.25, -0.2) is 0 Å². The molecule has 1 heterocycles. The highest BCUT2D eigenvalue weighted by molar-refractivity contribution is 5.95. The fourth-order valence-corrected chi connectivity index (χ4v) is 2.03. The van der Waals surface area contributed by atoms with Gasteiger partial charge in [0.05, 0.1) is 6.20 Å². The number of Topliss-reactive ketones (excluding diaryl/α,β-unsaturated/α-hetero) is 1. The topological polar surface area (TPSA) is 79.8 Å². The molecule has 0 aliphatic heterocycles. The van der Waals surface area contributed by atoms with Crippen molar-refractivity contribution in [2.45, 2.75) is 6.92 Å². The van der Waals surface area contributed by atoms with Crippen LogP contribution in [0.5, 0.6) is 0 Å². The first-order chi connectivity index (χ1) is 11.2. The highest BCUT2D eigenvalue weighted by Crippen LogP contribution is 2.17. The first-order valence-electron chi connectivity index (χ1n) is 7.10. The average Bonchev–Trinajstić information content (AvgIpc) is 2.56. The number of anilines is 4. The van der Waals surface area contributed by atoms with Crippen molar-refractivity contribution >= 4 is 28.9 Å². The van der Waals surface area contributed by atoms with Gasteiger partial charge >= 0.3 is 0 Å². The van der Waals surface area contributed by atoms with Crippen molar-refractivity contribution in [1.82, 2.24) is 15.2 Å². The molecule has 0 radical (unpaired) electrons. The summed E-state index contributed by atoms with van der Waals surface area (Å²) in [5.74, 6) is 0.940. The second-order valence-electron chi connectivity index (χ2n) is 4.92. The van der Waals surface area contributed by atoms with Crippen molar-refractivity contribution in [3.05, 3.63) is 66.4 Å². The Kier molecular flexibility index (Phi) is 4.24. The molecule has 0 fully saturated rings. The predicted molar refractivity (Wildman–Crippen MR) is 89.3 cm³/mol. The lowest BCUT2D eigenvalue weighted by Gasteiger charge is -2.08. The fraction of sp³-hybridized carbons (Fsp3) is 0.0588. The number of nitrogens with one attached hydrogen (secondary N) is 2. The van der Waals surface area contributed by atoms with Crippen LogP contribution in [0, 0.1) is 0 Å². The Morgan fingerprint density at radius 1 is 0.957 bits per heavy atom. The van der Waals surface area contributed by atoms with Crippen molar-refractivity contribution in [3.63, 3.8) is 0 Å². The molecule has 1 aromatic heterocycles. The van der Waals surface area contributed by atoms with Crippen molar-refractivity contribution < 1.29 is 4.79 Å². The third-order valence-electron chi connectivity index (χ3n) is 3.13. The summed E-state index contributed by atoms with van der Waals surface area (Å²) in [7, 11) is 0. The van der Waals surface area contributed by atoms with Gasteiger partial charge in [-0.1, -0.05) is 30.3 Å². The van der Waals surface area contributed by atoms with E-state index in [0.717, 1.165) is 11.4 Å². The van der Waals surface area contributed by atoms with Crippen molar-refractivity contribution in [1.29, 1.82) is 0 Å². The summed E-state index contributed by atoms with van der Waals surface area (Å²) in [6, 6.07) is 16.8. The number of rotatable bonds is 5. The molecule has 0 aliphatic carbocycles. The molecule has 0 saturated carbocycles. The number of carbonyl (C=O) groups excluding carboxylic acids is 1. The SMILES string of the molecule is CC(=O)c1cccc(Nc2nncc(Nc3ccccc3)n2)c1. The molecular weight excluding hydrogens is 290 g/mol. The summed E-state index contributed by atoms with van der Waals surface area (Å²) >= 11 is 0. The monoisotopic (exact) mass is 305 g/mol. The van der Waals surface area contributed by atoms with E-state index in [1.165, 1.54) is 6.92 Å². The van der Waals surface area contributed by atoms with Gasteiger partial charge in [0, 0.05) is 16.9 Å². The molecule has 0 saturated heterocycles. The summed E-state index contributed by atoms with van der Waals surface area (Å²) in [5.41, 5.74) is 2.27. The molecule has 0 amide bonds. The lowest BCUT2D eigenvalue weighted by molar-refractivity contribution is 0.101. The van der Waals surface area contributed by atoms with Crippen LogP contribution in [0.1, 0.15) is 17.3 Å². The average molecular weight is 305 g/mol. The van der Waals surface area contributed by atoms with E-state index < -0.39 is 0 Å². The lowest BCUT2D eigenvalue weighted by Crippen LogP contribution is -2.03. The van der Waals surface area contributed by atoms with Crippen LogP contribution in [-0.4, -0.2) is 21.0 Å². The Balaban J connectivity index is 1.77. The number of benzene rings is 2. The molecule has 3 rings (SSSR count). The normalized spacial score (nSPS) is 10.1. The van der Waals surface area contributed by atoms with Gasteiger partial charge in [0.2, 0.25) is 5.95 Å². The number of aromatic nitrogens is 3. The Morgan fingerprint density at radius 3 is 2.52 bits per heavy atom. The summed E-state index contributed by atoms with van der Waals surface area (Å²) in [5, 5.41) is 14.1. The Morgan fingerprint density at radius 2 is 1.74 bits per heavy atom. The van der Waals surface area contributed by atoms with Crippen LogP contribution in [0.25, 0.3) is 0 Å². The second-order valence-corrected chi connectivity index (χ2v) is 4.92. The van der Waals surface area contributed by atoms with Crippen molar-refractivity contribution in [2.75, 3.05) is 10.6 Å². The van der Waals surface area contributed by atoms with E-state index in [2.05, 4.69) is 25.8 Å². The minimum atomic E-state index is 0.00666. The van der Waals surface area contributed by atoms with E-state index in [-0.39, 0.29) is 5.78 Å². The number of hydrogen-bond acceptors (Lipinski definition) is 6. The van der Waals surface area contributed by atoms with Gasteiger partial charge in [0.15, 0.2) is 11.6 Å². The van der Waals surface area contributed by atoms with Crippen LogP contribution in [-0.2, 0) is 0 Å². The smallest absolute Gasteiger partial charge is 0.249 e. The highest BCUT2D eigenvalue weighted by Gasteiger charge is 2.04. The van der Waals surface area contributed by atoms with Gasteiger partial charge < -0.3 is 10.6 Å². The van der Waals surface area contributed by atoms with E-state index in [4.69, 9.17) is 0 Å². The first-order valence-corrected chi connectivity index (χ1v) is 7.10. The van der Waals surface area contributed by atoms with Crippen LogP contribution >= 0.6 is 0 Å². The number of ketones is 1. The number of nitrogens with zero attached hydrogens (tertiary/aromatic N) is 3. The standard InChI is InChI=1S/C17H15N5O/c1-12(23)13-6-5-9-15(10-13)20-17-21-16(11-18-22-17)19-14-7-3-2-4-8-14/h2-11H,1H3,(H2,19,20,21,22). The number of para-hydroxylation sites is 1. The zero-order valence-corrected chi connectivity index (χ0v) is 12.5. The molecule has 114 valence electrons. The van der Waals surface area contributed by atoms with Gasteiger partial charge in [0.25, 0.3) is 0 Å². The first kappa shape index (κ1) is 14.6. The molecular formula is C17H15N5O. The quantitative estimate of drug-likeness (QED) is 0.702. The fourth-order valence-electron chi connectivity index (χ4n) is 2.03. The van der Waals surface area contributed by atoms with Gasteiger partial charge in [-0.3, -0.25) is 4.79 Å². The molecule has 0 unspecified atom stereocenters. The maximum absolute atomic E-state index is 11.4. The van der Waals surface area contributed by atoms with E-state index in [0.29, 0.717) is 17.3 Å². The van der Waals surface area contributed by atoms with Gasteiger partial charge in [-0.2, -0.15) is 10.1 Å². The van der Waals surface area contributed by atoms with E-state index in [1.807, 2.05) is 36.4 Å². The second kappa shape index (κ2) is 6.65. The van der Waals surface area contributed by atoms with Crippen molar-refractivity contribution in [2.24, 2.45) is 0 Å². The van der Waals surface area contributed by atoms with Crippen LogP contribution < -0.4 is 10.6 Å². The lowest BCUT2D eigenvalue weighted by atomic mass is 10.1. The summed E-state index contributed by atoms with van der Waals surface area (Å²) in [6.07, 6.45) is 1.55. The van der Waals surface area contributed by atoms with Crippen LogP contribution in [0.4, 0.5) is 23.1 Å². The van der Waals surface area contributed by atoms with E-state index in [1.54, 1.807) is 24.4 Å². The van der Waals surface area contributed by atoms with Gasteiger partial charge in [0.1, 0.15) is 0 Å². The Hall–Kier alpha value is -3.28. The van der Waals surface area contributed by atoms with E-state index >= 15 is 0 Å². The molecule has 3 aromatic rings. The van der Waals surface area contributed by atoms with Gasteiger partial charge in [-0.05, 0) is 31.2 Å². The molecule has 23 heavy (non-hydrogen) atoms. The maximum Gasteiger partial charge on any atom is 0.249 e. The summed E-state index contributed by atoms with van der Waals surface area (Å²) in [4.78, 5) is 15.8. The largest absolute Gasteiger partial charge is 0.339 e. The minimum Gasteiger partial charge on any atom is -0.339 e. The predicted octanol–water partition coefficient (Wildman–Crippen LogP) is 3.56. The molecule has 0 atom stereocenters. The zero-order valence-electron chi connectivity index (χ0n) is 12.5. The summed E-state index contributed by atoms with van der Waals surface area (Å²) < 4.78 is 0. The maximum atomic E-state index is 11.4. The molecule has 0 aliphatic rings. The molecule has 2 N–H and O–H groups in total. The Labute approximate surface area is 133 Å². The zero-order chi connectivity index (χ0) is 16.1. The third-order valence-corrected chi connectivity index (χ3v) is 3.13. The number of carbonyl (C=O) groups is 1. The van der Waals surface area contributed by atoms with Crippen LogP contribution in [0.15, 0.2) is 60.8 Å². The Bertz CT molecular complexity index is 820. The molecule has 0 spiro atoms. The van der Waals surface area contributed by atoms with Gasteiger partial charge in [-0.15, -0.1) is 5.10 Å². The number of hydrogen-bond donors (Lipinski definition) is 2. The van der Waals surface area contributed by atoms with Crippen LogP contribution in [0.3, 0.4) is 0 Å². The molecule has 0 bridgehead atoms. The van der Waals surface area contributed by atoms with Crippen LogP contribution in [0.2, 0.25) is 0 Å². The summed E-state index contributed by atoms with van der Waals surface area (Å²) in [6.45, 7) is 1.53.